The first-order chi connectivity index (χ1) is 10.3. The normalized spacial score (nSPS) is 15.8. The highest BCUT2D eigenvalue weighted by atomic mass is 16.5. The molecule has 21 heavy (non-hydrogen) atoms. The van der Waals surface area contributed by atoms with E-state index < -0.39 is 0 Å². The zero-order chi connectivity index (χ0) is 14.5. The van der Waals surface area contributed by atoms with Gasteiger partial charge in [-0.1, -0.05) is 36.4 Å². The van der Waals surface area contributed by atoms with Crippen LogP contribution in [0.15, 0.2) is 48.5 Å². The summed E-state index contributed by atoms with van der Waals surface area (Å²) in [5.74, 6) is 0. The van der Waals surface area contributed by atoms with Crippen LogP contribution >= 0.6 is 0 Å². The van der Waals surface area contributed by atoms with E-state index in [9.17, 15) is 4.79 Å². The Labute approximate surface area is 125 Å². The molecule has 3 heteroatoms. The zero-order valence-corrected chi connectivity index (χ0v) is 12.0. The van der Waals surface area contributed by atoms with Crippen molar-refractivity contribution in [1.29, 1.82) is 0 Å². The van der Waals surface area contributed by atoms with Crippen molar-refractivity contribution in [3.05, 3.63) is 59.7 Å². The maximum atomic E-state index is 10.9. The van der Waals surface area contributed by atoms with E-state index in [1.54, 1.807) is 0 Å². The highest BCUT2D eigenvalue weighted by Crippen LogP contribution is 2.22. The summed E-state index contributed by atoms with van der Waals surface area (Å²) in [5, 5.41) is 0. The van der Waals surface area contributed by atoms with Crippen molar-refractivity contribution < 1.29 is 9.53 Å². The number of hydrogen-bond donors (Lipinski definition) is 0. The van der Waals surface area contributed by atoms with E-state index in [2.05, 4.69) is 29.2 Å². The van der Waals surface area contributed by atoms with Gasteiger partial charge in [-0.3, -0.25) is 9.69 Å². The quantitative estimate of drug-likeness (QED) is 0.807. The lowest BCUT2D eigenvalue weighted by molar-refractivity contribution is 0.0342. The third-order valence-corrected chi connectivity index (χ3v) is 3.79. The molecule has 0 aromatic heterocycles. The van der Waals surface area contributed by atoms with Gasteiger partial charge in [0.1, 0.15) is 6.29 Å². The van der Waals surface area contributed by atoms with Crippen molar-refractivity contribution in [2.45, 2.75) is 6.54 Å². The molecule has 0 radical (unpaired) electrons. The van der Waals surface area contributed by atoms with E-state index in [0.29, 0.717) is 5.56 Å². The minimum Gasteiger partial charge on any atom is -0.379 e. The fourth-order valence-corrected chi connectivity index (χ4v) is 2.66. The molecule has 1 aliphatic heterocycles. The second-order valence-electron chi connectivity index (χ2n) is 5.33. The number of carbonyl (C=O) groups excluding carboxylic acids is 1. The lowest BCUT2D eigenvalue weighted by Gasteiger charge is -2.26. The molecule has 0 aliphatic carbocycles. The highest BCUT2D eigenvalue weighted by molar-refractivity contribution is 5.78. The van der Waals surface area contributed by atoms with Gasteiger partial charge in [-0.2, -0.15) is 0 Å². The number of aldehydes is 1. The Morgan fingerprint density at radius 2 is 1.71 bits per heavy atom. The van der Waals surface area contributed by atoms with Crippen molar-refractivity contribution in [3.63, 3.8) is 0 Å². The third kappa shape index (κ3) is 3.57. The third-order valence-electron chi connectivity index (χ3n) is 3.79. The van der Waals surface area contributed by atoms with Gasteiger partial charge in [-0.05, 0) is 28.8 Å². The Bertz CT molecular complexity index is 618. The van der Waals surface area contributed by atoms with Crippen molar-refractivity contribution in [2.75, 3.05) is 26.3 Å². The highest BCUT2D eigenvalue weighted by Gasteiger charge is 2.11. The number of benzene rings is 2. The number of ether oxygens (including phenoxy) is 1. The molecule has 0 saturated carbocycles. The molecule has 2 aromatic carbocycles. The summed E-state index contributed by atoms with van der Waals surface area (Å²) < 4.78 is 5.38. The van der Waals surface area contributed by atoms with Gasteiger partial charge in [-0.15, -0.1) is 0 Å². The van der Waals surface area contributed by atoms with Crippen LogP contribution in [0, 0.1) is 0 Å². The molecule has 1 aliphatic rings. The zero-order valence-electron chi connectivity index (χ0n) is 12.0. The van der Waals surface area contributed by atoms with Gasteiger partial charge in [0.05, 0.1) is 13.2 Å². The average Bonchev–Trinajstić information content (AvgIpc) is 2.56. The minimum atomic E-state index is 0.714. The molecule has 0 amide bonds. The second-order valence-corrected chi connectivity index (χ2v) is 5.33. The molecule has 3 nitrogen and oxygen atoms in total. The van der Waals surface area contributed by atoms with Gasteiger partial charge in [-0.25, -0.2) is 0 Å². The van der Waals surface area contributed by atoms with Crippen LogP contribution in [0.3, 0.4) is 0 Å². The molecule has 1 heterocycles. The first-order valence-electron chi connectivity index (χ1n) is 7.30. The lowest BCUT2D eigenvalue weighted by Crippen LogP contribution is -2.35. The van der Waals surface area contributed by atoms with Crippen LogP contribution in [0.1, 0.15) is 15.9 Å². The Morgan fingerprint density at radius 1 is 1.00 bits per heavy atom. The lowest BCUT2D eigenvalue weighted by atomic mass is 10.0. The van der Waals surface area contributed by atoms with Crippen LogP contribution in [0.25, 0.3) is 11.1 Å². The maximum Gasteiger partial charge on any atom is 0.150 e. The average molecular weight is 281 g/mol. The molecule has 0 bridgehead atoms. The van der Waals surface area contributed by atoms with Crippen molar-refractivity contribution >= 4 is 6.29 Å². The molecule has 0 N–H and O–H groups in total. The van der Waals surface area contributed by atoms with E-state index in [1.807, 2.05) is 24.3 Å². The number of nitrogens with zero attached hydrogens (tertiary/aromatic N) is 1. The number of rotatable bonds is 4. The number of carbonyl (C=O) groups is 1. The van der Waals surface area contributed by atoms with Gasteiger partial charge in [0.15, 0.2) is 0 Å². The first-order valence-corrected chi connectivity index (χ1v) is 7.30. The van der Waals surface area contributed by atoms with E-state index >= 15 is 0 Å². The SMILES string of the molecule is O=Cc1cccc(-c2cccc(CN3CCOCC3)c2)c1. The van der Waals surface area contributed by atoms with E-state index in [1.165, 1.54) is 5.56 Å². The van der Waals surface area contributed by atoms with E-state index in [0.717, 1.165) is 50.3 Å². The smallest absolute Gasteiger partial charge is 0.150 e. The summed E-state index contributed by atoms with van der Waals surface area (Å²) in [6.07, 6.45) is 0.890. The fourth-order valence-electron chi connectivity index (χ4n) is 2.66. The van der Waals surface area contributed by atoms with Crippen LogP contribution in [0.5, 0.6) is 0 Å². The number of hydrogen-bond acceptors (Lipinski definition) is 3. The topological polar surface area (TPSA) is 29.5 Å². The minimum absolute atomic E-state index is 0.714. The summed E-state index contributed by atoms with van der Waals surface area (Å²) in [7, 11) is 0. The maximum absolute atomic E-state index is 10.9. The molecular weight excluding hydrogens is 262 g/mol. The summed E-state index contributed by atoms with van der Waals surface area (Å²) >= 11 is 0. The molecular formula is C18H19NO2. The van der Waals surface area contributed by atoms with Crippen LogP contribution in [-0.2, 0) is 11.3 Å². The molecule has 2 aromatic rings. The largest absolute Gasteiger partial charge is 0.379 e. The molecule has 0 unspecified atom stereocenters. The van der Waals surface area contributed by atoms with Crippen LogP contribution < -0.4 is 0 Å². The number of morpholine rings is 1. The summed E-state index contributed by atoms with van der Waals surface area (Å²) in [5.41, 5.74) is 4.25. The van der Waals surface area contributed by atoms with Gasteiger partial charge < -0.3 is 4.74 Å². The molecule has 108 valence electrons. The predicted octanol–water partition coefficient (Wildman–Crippen LogP) is 3.00. The van der Waals surface area contributed by atoms with Gasteiger partial charge in [0.25, 0.3) is 0 Å². The standard InChI is InChI=1S/C18H19NO2/c20-14-16-4-2-6-18(12-16)17-5-1-3-15(11-17)13-19-7-9-21-10-8-19/h1-6,11-12,14H,7-10,13H2. The molecule has 1 fully saturated rings. The Hall–Kier alpha value is -1.97. The molecule has 1 saturated heterocycles. The van der Waals surface area contributed by atoms with E-state index in [-0.39, 0.29) is 0 Å². The Kier molecular flexibility index (Phi) is 4.43. The first kappa shape index (κ1) is 14.0. The van der Waals surface area contributed by atoms with Gasteiger partial charge in [0.2, 0.25) is 0 Å². The Morgan fingerprint density at radius 3 is 2.48 bits per heavy atom. The summed E-state index contributed by atoms with van der Waals surface area (Å²) in [6.45, 7) is 4.57. The molecule has 3 rings (SSSR count). The fraction of sp³-hybridized carbons (Fsp3) is 0.278. The van der Waals surface area contributed by atoms with Crippen molar-refractivity contribution in [2.24, 2.45) is 0 Å². The molecule has 0 spiro atoms. The predicted molar refractivity (Wildman–Crippen MR) is 83.4 cm³/mol. The van der Waals surface area contributed by atoms with Gasteiger partial charge in [0, 0.05) is 25.2 Å². The van der Waals surface area contributed by atoms with Crippen molar-refractivity contribution in [3.8, 4) is 11.1 Å². The monoisotopic (exact) mass is 281 g/mol. The second kappa shape index (κ2) is 6.66. The summed E-state index contributed by atoms with van der Waals surface area (Å²) in [6, 6.07) is 16.3. The Balaban J connectivity index is 1.80. The molecule has 0 atom stereocenters. The van der Waals surface area contributed by atoms with Crippen molar-refractivity contribution in [1.82, 2.24) is 4.90 Å². The van der Waals surface area contributed by atoms with E-state index in [4.69, 9.17) is 4.74 Å². The van der Waals surface area contributed by atoms with Crippen LogP contribution in [0.4, 0.5) is 0 Å². The summed E-state index contributed by atoms with van der Waals surface area (Å²) in [4.78, 5) is 13.3. The van der Waals surface area contributed by atoms with Gasteiger partial charge >= 0.3 is 0 Å². The van der Waals surface area contributed by atoms with Crippen LogP contribution in [0.2, 0.25) is 0 Å². The van der Waals surface area contributed by atoms with Crippen LogP contribution in [-0.4, -0.2) is 37.5 Å².